The van der Waals surface area contributed by atoms with Crippen LogP contribution in [-0.2, 0) is 16.8 Å². The Morgan fingerprint density at radius 2 is 2.17 bits per heavy atom. The number of nitrogens with one attached hydrogen (secondary N) is 2. The Labute approximate surface area is 108 Å². The lowest BCUT2D eigenvalue weighted by atomic mass is 9.87. The summed E-state index contributed by atoms with van der Waals surface area (Å²) >= 11 is 0. The van der Waals surface area contributed by atoms with Crippen molar-refractivity contribution >= 4 is 5.91 Å². The molecule has 0 radical (unpaired) electrons. The number of carbonyl (C=O) groups is 1. The molecule has 4 nitrogen and oxygen atoms in total. The van der Waals surface area contributed by atoms with Crippen LogP contribution < -0.4 is 15.4 Å². The second-order valence-electron chi connectivity index (χ2n) is 4.70. The number of amides is 1. The second-order valence-corrected chi connectivity index (χ2v) is 4.70. The number of benzene rings is 1. The molecule has 0 saturated carbocycles. The number of ether oxygens (including phenoxy) is 1. The summed E-state index contributed by atoms with van der Waals surface area (Å²) in [7, 11) is 1.63. The van der Waals surface area contributed by atoms with Gasteiger partial charge in [0.2, 0.25) is 5.91 Å². The predicted molar refractivity (Wildman–Crippen MR) is 70.7 cm³/mol. The van der Waals surface area contributed by atoms with Gasteiger partial charge >= 0.3 is 0 Å². The molecule has 1 saturated heterocycles. The number of aryl methyl sites for hydroxylation is 1. The molecule has 1 fully saturated rings. The van der Waals surface area contributed by atoms with E-state index < -0.39 is 5.54 Å². The standard InChI is InChI=1S/C14H20N2O2/c1-4-10-5-6-12(18-3)11(9-10)14(2)13(17)15-7-8-16-14/h5-6,9,16H,4,7-8H2,1-3H3,(H,15,17). The Morgan fingerprint density at radius 1 is 1.39 bits per heavy atom. The number of rotatable bonds is 3. The van der Waals surface area contributed by atoms with Crippen LogP contribution >= 0.6 is 0 Å². The maximum Gasteiger partial charge on any atom is 0.244 e. The highest BCUT2D eigenvalue weighted by molar-refractivity contribution is 5.88. The van der Waals surface area contributed by atoms with Crippen molar-refractivity contribution in [2.75, 3.05) is 20.2 Å². The lowest BCUT2D eigenvalue weighted by Crippen LogP contribution is -2.59. The molecule has 4 heteroatoms. The summed E-state index contributed by atoms with van der Waals surface area (Å²) in [6, 6.07) is 6.02. The molecule has 1 atom stereocenters. The zero-order valence-electron chi connectivity index (χ0n) is 11.2. The zero-order chi connectivity index (χ0) is 13.2. The van der Waals surface area contributed by atoms with E-state index in [0.717, 1.165) is 24.3 Å². The van der Waals surface area contributed by atoms with Crippen molar-refractivity contribution in [2.24, 2.45) is 0 Å². The van der Waals surface area contributed by atoms with Crippen molar-refractivity contribution in [1.29, 1.82) is 0 Å². The van der Waals surface area contributed by atoms with Crippen molar-refractivity contribution < 1.29 is 9.53 Å². The van der Waals surface area contributed by atoms with Crippen molar-refractivity contribution in [3.8, 4) is 5.75 Å². The first kappa shape index (κ1) is 12.9. The third kappa shape index (κ3) is 2.08. The van der Waals surface area contributed by atoms with E-state index in [9.17, 15) is 4.79 Å². The van der Waals surface area contributed by atoms with Gasteiger partial charge in [0.25, 0.3) is 0 Å². The number of hydrogen-bond donors (Lipinski definition) is 2. The van der Waals surface area contributed by atoms with Gasteiger partial charge in [0.15, 0.2) is 0 Å². The van der Waals surface area contributed by atoms with Crippen molar-refractivity contribution in [3.05, 3.63) is 29.3 Å². The monoisotopic (exact) mass is 248 g/mol. The van der Waals surface area contributed by atoms with Crippen LogP contribution in [0.25, 0.3) is 0 Å². The van der Waals surface area contributed by atoms with E-state index in [-0.39, 0.29) is 5.91 Å². The van der Waals surface area contributed by atoms with Gasteiger partial charge in [0.05, 0.1) is 7.11 Å². The molecule has 1 aliphatic rings. The smallest absolute Gasteiger partial charge is 0.244 e. The summed E-state index contributed by atoms with van der Waals surface area (Å²) in [6.45, 7) is 5.44. The molecule has 0 bridgehead atoms. The molecular formula is C14H20N2O2. The largest absolute Gasteiger partial charge is 0.496 e. The molecule has 2 rings (SSSR count). The van der Waals surface area contributed by atoms with Crippen molar-refractivity contribution in [2.45, 2.75) is 25.8 Å². The molecule has 0 aromatic heterocycles. The van der Waals surface area contributed by atoms with E-state index in [2.05, 4.69) is 23.6 Å². The van der Waals surface area contributed by atoms with Crippen LogP contribution in [0.15, 0.2) is 18.2 Å². The van der Waals surface area contributed by atoms with Crippen LogP contribution in [0.2, 0.25) is 0 Å². The minimum absolute atomic E-state index is 0.000281. The minimum Gasteiger partial charge on any atom is -0.496 e. The van der Waals surface area contributed by atoms with Gasteiger partial charge in [-0.05, 0) is 31.0 Å². The molecule has 1 unspecified atom stereocenters. The van der Waals surface area contributed by atoms with Gasteiger partial charge in [-0.25, -0.2) is 0 Å². The highest BCUT2D eigenvalue weighted by Crippen LogP contribution is 2.32. The highest BCUT2D eigenvalue weighted by atomic mass is 16.5. The number of hydrogen-bond acceptors (Lipinski definition) is 3. The molecule has 1 aliphatic heterocycles. The van der Waals surface area contributed by atoms with E-state index in [1.807, 2.05) is 19.1 Å². The molecule has 0 aliphatic carbocycles. The van der Waals surface area contributed by atoms with E-state index in [0.29, 0.717) is 6.54 Å². The summed E-state index contributed by atoms with van der Waals surface area (Å²) in [6.07, 6.45) is 0.939. The number of piperazine rings is 1. The lowest BCUT2D eigenvalue weighted by molar-refractivity contribution is -0.129. The zero-order valence-corrected chi connectivity index (χ0v) is 11.2. The van der Waals surface area contributed by atoms with Gasteiger partial charge in [-0.1, -0.05) is 13.0 Å². The van der Waals surface area contributed by atoms with Crippen LogP contribution in [0.4, 0.5) is 0 Å². The number of methoxy groups -OCH3 is 1. The molecule has 98 valence electrons. The van der Waals surface area contributed by atoms with Crippen LogP contribution in [-0.4, -0.2) is 26.1 Å². The van der Waals surface area contributed by atoms with Gasteiger partial charge in [-0.2, -0.15) is 0 Å². The van der Waals surface area contributed by atoms with Gasteiger partial charge in [-0.3, -0.25) is 10.1 Å². The average molecular weight is 248 g/mol. The molecule has 18 heavy (non-hydrogen) atoms. The molecule has 1 heterocycles. The van der Waals surface area contributed by atoms with Gasteiger partial charge < -0.3 is 10.1 Å². The summed E-state index contributed by atoms with van der Waals surface area (Å²) in [4.78, 5) is 12.2. The maximum absolute atomic E-state index is 12.2. The fourth-order valence-electron chi connectivity index (χ4n) is 2.33. The minimum atomic E-state index is -0.714. The van der Waals surface area contributed by atoms with Gasteiger partial charge in [0, 0.05) is 18.7 Å². The first-order valence-corrected chi connectivity index (χ1v) is 6.32. The summed E-state index contributed by atoms with van der Waals surface area (Å²) in [5.74, 6) is 0.750. The molecular weight excluding hydrogens is 228 g/mol. The van der Waals surface area contributed by atoms with Crippen LogP contribution in [0, 0.1) is 0 Å². The quantitative estimate of drug-likeness (QED) is 0.845. The van der Waals surface area contributed by atoms with E-state index in [1.165, 1.54) is 5.56 Å². The average Bonchev–Trinajstić information content (AvgIpc) is 2.41. The number of carbonyl (C=O) groups excluding carboxylic acids is 1. The van der Waals surface area contributed by atoms with Gasteiger partial charge in [-0.15, -0.1) is 0 Å². The summed E-state index contributed by atoms with van der Waals surface area (Å²) in [5.41, 5.74) is 1.39. The van der Waals surface area contributed by atoms with Crippen LogP contribution in [0.5, 0.6) is 5.75 Å². The Bertz CT molecular complexity index is 459. The van der Waals surface area contributed by atoms with E-state index in [1.54, 1.807) is 7.11 Å². The van der Waals surface area contributed by atoms with Gasteiger partial charge in [0.1, 0.15) is 11.3 Å². The molecule has 1 amide bonds. The third-order valence-electron chi connectivity index (χ3n) is 3.55. The SMILES string of the molecule is CCc1ccc(OC)c(C2(C)NCCNC2=O)c1. The predicted octanol–water partition coefficient (Wildman–Crippen LogP) is 1.19. The van der Waals surface area contributed by atoms with Crippen LogP contribution in [0.1, 0.15) is 25.0 Å². The summed E-state index contributed by atoms with van der Waals surface area (Å²) < 4.78 is 5.39. The highest BCUT2D eigenvalue weighted by Gasteiger charge is 2.39. The Balaban J connectivity index is 2.50. The molecule has 1 aromatic rings. The fourth-order valence-corrected chi connectivity index (χ4v) is 2.33. The Kier molecular flexibility index (Phi) is 3.57. The van der Waals surface area contributed by atoms with E-state index in [4.69, 9.17) is 4.74 Å². The first-order valence-electron chi connectivity index (χ1n) is 6.32. The topological polar surface area (TPSA) is 50.4 Å². The molecule has 1 aromatic carbocycles. The third-order valence-corrected chi connectivity index (χ3v) is 3.55. The molecule has 2 N–H and O–H groups in total. The summed E-state index contributed by atoms with van der Waals surface area (Å²) in [5, 5.41) is 6.20. The second kappa shape index (κ2) is 4.98. The Hall–Kier alpha value is -1.55. The fraction of sp³-hybridized carbons (Fsp3) is 0.500. The Morgan fingerprint density at radius 3 is 2.78 bits per heavy atom. The van der Waals surface area contributed by atoms with Crippen LogP contribution in [0.3, 0.4) is 0 Å². The maximum atomic E-state index is 12.2. The first-order chi connectivity index (χ1) is 8.61. The van der Waals surface area contributed by atoms with E-state index >= 15 is 0 Å². The van der Waals surface area contributed by atoms with Crippen molar-refractivity contribution in [3.63, 3.8) is 0 Å². The molecule has 0 spiro atoms. The van der Waals surface area contributed by atoms with Crippen molar-refractivity contribution in [1.82, 2.24) is 10.6 Å². The lowest BCUT2D eigenvalue weighted by Gasteiger charge is -2.35. The normalized spacial score (nSPS) is 23.6.